The number of aromatic nitrogens is 1. The van der Waals surface area contributed by atoms with E-state index in [2.05, 4.69) is 75.4 Å². The number of pyridine rings is 1. The van der Waals surface area contributed by atoms with E-state index >= 15 is 0 Å². The van der Waals surface area contributed by atoms with E-state index in [9.17, 15) is 4.79 Å². The van der Waals surface area contributed by atoms with E-state index in [0.717, 1.165) is 33.2 Å². The average molecular weight is 353 g/mol. The summed E-state index contributed by atoms with van der Waals surface area (Å²) in [7, 11) is 0. The Kier molecular flexibility index (Phi) is 4.41. The van der Waals surface area contributed by atoms with Crippen molar-refractivity contribution in [3.63, 3.8) is 0 Å². The standard InChI is InChI=1S/C25H23NO/c1-17-7-10-20(11-8-17)16-26-24(21-6-4-5-18(2)13-21)15-22-14-19(3)9-12-23(22)25(26)27/h4-15H,16H2,1-3H3. The Morgan fingerprint density at radius 3 is 2.19 bits per heavy atom. The summed E-state index contributed by atoms with van der Waals surface area (Å²) in [6.45, 7) is 6.78. The molecule has 3 aromatic carbocycles. The quantitative estimate of drug-likeness (QED) is 0.467. The molecule has 2 heteroatoms. The lowest BCUT2D eigenvalue weighted by Crippen LogP contribution is -2.22. The van der Waals surface area contributed by atoms with Crippen molar-refractivity contribution in [2.24, 2.45) is 0 Å². The van der Waals surface area contributed by atoms with Crippen LogP contribution in [-0.2, 0) is 6.54 Å². The molecule has 0 aliphatic carbocycles. The van der Waals surface area contributed by atoms with Gasteiger partial charge < -0.3 is 4.57 Å². The van der Waals surface area contributed by atoms with E-state index in [4.69, 9.17) is 0 Å². The Hall–Kier alpha value is -3.13. The maximum Gasteiger partial charge on any atom is 0.259 e. The first-order valence-corrected chi connectivity index (χ1v) is 9.28. The number of aryl methyl sites for hydroxylation is 3. The minimum absolute atomic E-state index is 0.0598. The molecule has 0 amide bonds. The van der Waals surface area contributed by atoms with Crippen LogP contribution in [0.15, 0.2) is 77.6 Å². The lowest BCUT2D eigenvalue weighted by Gasteiger charge is -2.16. The van der Waals surface area contributed by atoms with Crippen LogP contribution in [0.25, 0.3) is 22.0 Å². The number of rotatable bonds is 3. The van der Waals surface area contributed by atoms with E-state index in [1.807, 2.05) is 22.8 Å². The summed E-state index contributed by atoms with van der Waals surface area (Å²) < 4.78 is 1.90. The highest BCUT2D eigenvalue weighted by Gasteiger charge is 2.12. The molecular formula is C25H23NO. The first kappa shape index (κ1) is 17.3. The van der Waals surface area contributed by atoms with Crippen molar-refractivity contribution >= 4 is 10.8 Å². The highest BCUT2D eigenvalue weighted by Crippen LogP contribution is 2.25. The van der Waals surface area contributed by atoms with Gasteiger partial charge in [0.1, 0.15) is 0 Å². The number of nitrogens with zero attached hydrogens (tertiary/aromatic N) is 1. The normalized spacial score (nSPS) is 11.1. The molecule has 0 saturated heterocycles. The Labute approximate surface area is 159 Å². The average Bonchev–Trinajstić information content (AvgIpc) is 2.65. The number of hydrogen-bond acceptors (Lipinski definition) is 1. The van der Waals surface area contributed by atoms with Crippen LogP contribution in [-0.4, -0.2) is 4.57 Å². The summed E-state index contributed by atoms with van der Waals surface area (Å²) in [4.78, 5) is 13.4. The molecule has 0 fully saturated rings. The van der Waals surface area contributed by atoms with Crippen molar-refractivity contribution in [3.05, 3.63) is 105 Å². The fraction of sp³-hybridized carbons (Fsp3) is 0.160. The third-order valence-corrected chi connectivity index (χ3v) is 5.04. The lowest BCUT2D eigenvalue weighted by molar-refractivity contribution is 0.776. The molecule has 0 aliphatic rings. The molecule has 27 heavy (non-hydrogen) atoms. The zero-order chi connectivity index (χ0) is 19.0. The second-order valence-corrected chi connectivity index (χ2v) is 7.37. The van der Waals surface area contributed by atoms with Crippen molar-refractivity contribution in [3.8, 4) is 11.3 Å². The molecular weight excluding hydrogens is 330 g/mol. The van der Waals surface area contributed by atoms with Crippen LogP contribution in [0.4, 0.5) is 0 Å². The summed E-state index contributed by atoms with van der Waals surface area (Å²) in [6.07, 6.45) is 0. The van der Waals surface area contributed by atoms with Crippen LogP contribution in [0.3, 0.4) is 0 Å². The number of fused-ring (bicyclic) bond motifs is 1. The Bertz CT molecular complexity index is 1180. The van der Waals surface area contributed by atoms with Gasteiger partial charge in [-0.2, -0.15) is 0 Å². The van der Waals surface area contributed by atoms with Gasteiger partial charge in [0.2, 0.25) is 0 Å². The van der Waals surface area contributed by atoms with E-state index < -0.39 is 0 Å². The zero-order valence-electron chi connectivity index (χ0n) is 16.0. The smallest absolute Gasteiger partial charge is 0.259 e. The summed E-state index contributed by atoms with van der Waals surface area (Å²) in [5.41, 5.74) is 6.79. The molecule has 0 bridgehead atoms. The molecule has 0 radical (unpaired) electrons. The van der Waals surface area contributed by atoms with Crippen LogP contribution in [0.2, 0.25) is 0 Å². The van der Waals surface area contributed by atoms with E-state index in [0.29, 0.717) is 6.54 Å². The van der Waals surface area contributed by atoms with Gasteiger partial charge in [0.05, 0.1) is 12.2 Å². The van der Waals surface area contributed by atoms with E-state index in [-0.39, 0.29) is 5.56 Å². The molecule has 4 aromatic rings. The third-order valence-electron chi connectivity index (χ3n) is 5.04. The molecule has 0 spiro atoms. The fourth-order valence-corrected chi connectivity index (χ4v) is 3.55. The predicted octanol–water partition coefficient (Wildman–Crippen LogP) is 5.64. The monoisotopic (exact) mass is 353 g/mol. The predicted molar refractivity (Wildman–Crippen MR) is 113 cm³/mol. The van der Waals surface area contributed by atoms with Gasteiger partial charge in [0.15, 0.2) is 0 Å². The van der Waals surface area contributed by atoms with Gasteiger partial charge in [0, 0.05) is 5.39 Å². The van der Waals surface area contributed by atoms with Gasteiger partial charge in [-0.1, -0.05) is 71.3 Å². The van der Waals surface area contributed by atoms with Gasteiger partial charge in [0.25, 0.3) is 5.56 Å². The molecule has 0 saturated carbocycles. The highest BCUT2D eigenvalue weighted by molar-refractivity contribution is 5.86. The molecule has 0 atom stereocenters. The second kappa shape index (κ2) is 6.88. The van der Waals surface area contributed by atoms with Crippen LogP contribution in [0.5, 0.6) is 0 Å². The van der Waals surface area contributed by atoms with Crippen molar-refractivity contribution in [1.29, 1.82) is 0 Å². The number of benzene rings is 3. The largest absolute Gasteiger partial charge is 0.303 e. The maximum absolute atomic E-state index is 13.4. The minimum Gasteiger partial charge on any atom is -0.303 e. The Morgan fingerprint density at radius 1 is 0.741 bits per heavy atom. The van der Waals surface area contributed by atoms with Crippen molar-refractivity contribution in [1.82, 2.24) is 4.57 Å². The van der Waals surface area contributed by atoms with Gasteiger partial charge in [-0.15, -0.1) is 0 Å². The summed E-state index contributed by atoms with van der Waals surface area (Å²) >= 11 is 0. The molecule has 1 heterocycles. The molecule has 0 aliphatic heterocycles. The van der Waals surface area contributed by atoms with Crippen molar-refractivity contribution in [2.75, 3.05) is 0 Å². The zero-order valence-corrected chi connectivity index (χ0v) is 16.0. The van der Waals surface area contributed by atoms with Gasteiger partial charge in [-0.25, -0.2) is 0 Å². The van der Waals surface area contributed by atoms with Crippen molar-refractivity contribution < 1.29 is 0 Å². The minimum atomic E-state index is 0.0598. The molecule has 134 valence electrons. The highest BCUT2D eigenvalue weighted by atomic mass is 16.1. The third kappa shape index (κ3) is 3.43. The van der Waals surface area contributed by atoms with Gasteiger partial charge in [-0.05, 0) is 55.5 Å². The second-order valence-electron chi connectivity index (χ2n) is 7.37. The first-order chi connectivity index (χ1) is 13.0. The molecule has 2 nitrogen and oxygen atoms in total. The first-order valence-electron chi connectivity index (χ1n) is 9.28. The SMILES string of the molecule is Cc1ccc(Cn2c(-c3cccc(C)c3)cc3cc(C)ccc3c2=O)cc1. The van der Waals surface area contributed by atoms with Crippen molar-refractivity contribution in [2.45, 2.75) is 27.3 Å². The molecule has 0 unspecified atom stereocenters. The summed E-state index contributed by atoms with van der Waals surface area (Å²) in [5.74, 6) is 0. The van der Waals surface area contributed by atoms with E-state index in [1.54, 1.807) is 0 Å². The topological polar surface area (TPSA) is 22.0 Å². The maximum atomic E-state index is 13.4. The van der Waals surface area contributed by atoms with Crippen LogP contribution >= 0.6 is 0 Å². The fourth-order valence-electron chi connectivity index (χ4n) is 3.55. The molecule has 1 aromatic heterocycles. The van der Waals surface area contributed by atoms with Gasteiger partial charge >= 0.3 is 0 Å². The summed E-state index contributed by atoms with van der Waals surface area (Å²) in [5, 5.41) is 1.76. The van der Waals surface area contributed by atoms with Crippen LogP contribution < -0.4 is 5.56 Å². The molecule has 4 rings (SSSR count). The lowest BCUT2D eigenvalue weighted by atomic mass is 10.0. The van der Waals surface area contributed by atoms with Gasteiger partial charge in [-0.3, -0.25) is 4.79 Å². The van der Waals surface area contributed by atoms with Crippen LogP contribution in [0.1, 0.15) is 22.3 Å². The molecule has 0 N–H and O–H groups in total. The Balaban J connectivity index is 1.97. The Morgan fingerprint density at radius 2 is 1.44 bits per heavy atom. The van der Waals surface area contributed by atoms with Crippen LogP contribution in [0, 0.1) is 20.8 Å². The number of hydrogen-bond donors (Lipinski definition) is 0. The summed E-state index contributed by atoms with van der Waals surface area (Å²) in [6, 6.07) is 24.9. The van der Waals surface area contributed by atoms with E-state index in [1.165, 1.54) is 11.1 Å².